The molecule has 1 aliphatic heterocycles. The SMILES string of the molecule is COC(=O)c1cccc2cnc(C3CCN(C)CC3)n12. The van der Waals surface area contributed by atoms with Crippen LogP contribution in [-0.2, 0) is 4.74 Å². The fraction of sp³-hybridized carbons (Fsp3) is 0.467. The summed E-state index contributed by atoms with van der Waals surface area (Å²) in [6.45, 7) is 2.14. The second kappa shape index (κ2) is 5.25. The number of aromatic nitrogens is 2. The van der Waals surface area contributed by atoms with Gasteiger partial charge in [0.1, 0.15) is 11.5 Å². The molecule has 0 unspecified atom stereocenters. The van der Waals surface area contributed by atoms with E-state index in [2.05, 4.69) is 16.9 Å². The Morgan fingerprint density at radius 1 is 1.35 bits per heavy atom. The van der Waals surface area contributed by atoms with Crippen molar-refractivity contribution in [2.75, 3.05) is 27.2 Å². The number of hydrogen-bond donors (Lipinski definition) is 0. The van der Waals surface area contributed by atoms with Crippen molar-refractivity contribution in [1.29, 1.82) is 0 Å². The average Bonchev–Trinajstić information content (AvgIpc) is 2.91. The first kappa shape index (κ1) is 13.1. The summed E-state index contributed by atoms with van der Waals surface area (Å²) in [7, 11) is 3.55. The highest BCUT2D eigenvalue weighted by molar-refractivity contribution is 5.88. The molecule has 3 heterocycles. The van der Waals surface area contributed by atoms with Crippen LogP contribution in [0.4, 0.5) is 0 Å². The molecule has 1 aliphatic rings. The van der Waals surface area contributed by atoms with E-state index in [1.165, 1.54) is 7.11 Å². The number of imidazole rings is 1. The van der Waals surface area contributed by atoms with Crippen LogP contribution in [0.2, 0.25) is 0 Å². The molecule has 0 saturated carbocycles. The fourth-order valence-electron chi connectivity index (χ4n) is 2.89. The second-order valence-corrected chi connectivity index (χ2v) is 5.36. The monoisotopic (exact) mass is 273 g/mol. The van der Waals surface area contributed by atoms with Crippen molar-refractivity contribution in [1.82, 2.24) is 14.3 Å². The molecule has 0 amide bonds. The molecular weight excluding hydrogens is 254 g/mol. The lowest BCUT2D eigenvalue weighted by Crippen LogP contribution is -2.30. The van der Waals surface area contributed by atoms with Gasteiger partial charge in [-0.15, -0.1) is 0 Å². The van der Waals surface area contributed by atoms with Crippen molar-refractivity contribution in [2.24, 2.45) is 0 Å². The summed E-state index contributed by atoms with van der Waals surface area (Å²) in [5.41, 5.74) is 1.50. The molecule has 0 bridgehead atoms. The molecule has 0 atom stereocenters. The van der Waals surface area contributed by atoms with Gasteiger partial charge in [-0.1, -0.05) is 6.07 Å². The van der Waals surface area contributed by atoms with Crippen LogP contribution in [0.15, 0.2) is 24.4 Å². The van der Waals surface area contributed by atoms with Gasteiger partial charge in [0, 0.05) is 5.92 Å². The Bertz CT molecular complexity index is 627. The Morgan fingerprint density at radius 2 is 2.10 bits per heavy atom. The number of pyridine rings is 1. The zero-order valence-electron chi connectivity index (χ0n) is 11.9. The number of ether oxygens (including phenoxy) is 1. The predicted octanol–water partition coefficient (Wildman–Crippen LogP) is 1.93. The van der Waals surface area contributed by atoms with Crippen molar-refractivity contribution < 1.29 is 9.53 Å². The minimum atomic E-state index is -0.317. The van der Waals surface area contributed by atoms with Gasteiger partial charge in [-0.2, -0.15) is 0 Å². The summed E-state index contributed by atoms with van der Waals surface area (Å²) in [6.07, 6.45) is 3.98. The standard InChI is InChI=1S/C15H19N3O2/c1-17-8-6-11(7-9-17)14-16-10-12-4-3-5-13(18(12)14)15(19)20-2/h3-5,10-11H,6-9H2,1-2H3. The topological polar surface area (TPSA) is 46.8 Å². The first-order valence-electron chi connectivity index (χ1n) is 6.94. The maximum atomic E-state index is 11.9. The highest BCUT2D eigenvalue weighted by atomic mass is 16.5. The van der Waals surface area contributed by atoms with Crippen molar-refractivity contribution in [3.8, 4) is 0 Å². The van der Waals surface area contributed by atoms with E-state index in [1.807, 2.05) is 22.7 Å². The summed E-state index contributed by atoms with van der Waals surface area (Å²) in [6, 6.07) is 5.62. The minimum absolute atomic E-state index is 0.317. The van der Waals surface area contributed by atoms with Gasteiger partial charge in [0.15, 0.2) is 0 Å². The van der Waals surface area contributed by atoms with Crippen LogP contribution in [0, 0.1) is 0 Å². The van der Waals surface area contributed by atoms with E-state index in [4.69, 9.17) is 4.74 Å². The van der Waals surface area contributed by atoms with Gasteiger partial charge in [0.05, 0.1) is 18.8 Å². The first-order valence-corrected chi connectivity index (χ1v) is 6.94. The summed E-state index contributed by atoms with van der Waals surface area (Å²) in [5, 5.41) is 0. The number of esters is 1. The number of likely N-dealkylation sites (tertiary alicyclic amines) is 1. The van der Waals surface area contributed by atoms with Crippen molar-refractivity contribution >= 4 is 11.5 Å². The Hall–Kier alpha value is -1.88. The maximum absolute atomic E-state index is 11.9. The van der Waals surface area contributed by atoms with Crippen LogP contribution >= 0.6 is 0 Å². The van der Waals surface area contributed by atoms with E-state index in [9.17, 15) is 4.79 Å². The minimum Gasteiger partial charge on any atom is -0.464 e. The Labute approximate surface area is 118 Å². The Balaban J connectivity index is 2.05. The van der Waals surface area contributed by atoms with Crippen LogP contribution in [0.25, 0.3) is 5.52 Å². The van der Waals surface area contributed by atoms with Gasteiger partial charge in [-0.3, -0.25) is 4.40 Å². The van der Waals surface area contributed by atoms with E-state index in [1.54, 1.807) is 6.07 Å². The molecule has 2 aromatic rings. The van der Waals surface area contributed by atoms with Gasteiger partial charge in [-0.25, -0.2) is 9.78 Å². The van der Waals surface area contributed by atoms with Crippen LogP contribution in [0.5, 0.6) is 0 Å². The number of hydrogen-bond acceptors (Lipinski definition) is 4. The Kier molecular flexibility index (Phi) is 3.44. The Morgan fingerprint density at radius 3 is 2.80 bits per heavy atom. The number of carbonyl (C=O) groups is 1. The van der Waals surface area contributed by atoms with Gasteiger partial charge < -0.3 is 9.64 Å². The number of carbonyl (C=O) groups excluding carboxylic acids is 1. The van der Waals surface area contributed by atoms with E-state index in [-0.39, 0.29) is 5.97 Å². The molecule has 0 spiro atoms. The maximum Gasteiger partial charge on any atom is 0.355 e. The molecule has 20 heavy (non-hydrogen) atoms. The molecule has 0 aromatic carbocycles. The zero-order valence-corrected chi connectivity index (χ0v) is 11.9. The quantitative estimate of drug-likeness (QED) is 0.784. The fourth-order valence-corrected chi connectivity index (χ4v) is 2.89. The van der Waals surface area contributed by atoms with Gasteiger partial charge in [0.25, 0.3) is 0 Å². The molecule has 3 rings (SSSR count). The molecule has 5 nitrogen and oxygen atoms in total. The molecule has 5 heteroatoms. The van der Waals surface area contributed by atoms with Gasteiger partial charge in [0.2, 0.25) is 0 Å². The molecule has 1 fully saturated rings. The zero-order chi connectivity index (χ0) is 14.1. The van der Waals surface area contributed by atoms with Crippen LogP contribution in [0.1, 0.15) is 35.1 Å². The highest BCUT2D eigenvalue weighted by Crippen LogP contribution is 2.28. The smallest absolute Gasteiger partial charge is 0.355 e. The lowest BCUT2D eigenvalue weighted by Gasteiger charge is -2.28. The molecule has 2 aromatic heterocycles. The number of methoxy groups -OCH3 is 1. The summed E-state index contributed by atoms with van der Waals surface area (Å²) in [5.74, 6) is 1.07. The van der Waals surface area contributed by atoms with E-state index in [0.29, 0.717) is 11.6 Å². The first-order chi connectivity index (χ1) is 9.70. The molecular formula is C15H19N3O2. The largest absolute Gasteiger partial charge is 0.464 e. The summed E-state index contributed by atoms with van der Waals surface area (Å²) in [4.78, 5) is 18.8. The third-order valence-corrected chi connectivity index (χ3v) is 4.06. The summed E-state index contributed by atoms with van der Waals surface area (Å²) < 4.78 is 6.82. The molecule has 106 valence electrons. The lowest BCUT2D eigenvalue weighted by molar-refractivity contribution is 0.0591. The average molecular weight is 273 g/mol. The summed E-state index contributed by atoms with van der Waals surface area (Å²) >= 11 is 0. The van der Waals surface area contributed by atoms with Crippen LogP contribution in [0.3, 0.4) is 0 Å². The van der Waals surface area contributed by atoms with Crippen molar-refractivity contribution in [3.05, 3.63) is 35.9 Å². The molecule has 0 aliphatic carbocycles. The number of fused-ring (bicyclic) bond motifs is 1. The van der Waals surface area contributed by atoms with Crippen molar-refractivity contribution in [2.45, 2.75) is 18.8 Å². The molecule has 0 N–H and O–H groups in total. The van der Waals surface area contributed by atoms with E-state index in [0.717, 1.165) is 37.3 Å². The second-order valence-electron chi connectivity index (χ2n) is 5.36. The van der Waals surface area contributed by atoms with Gasteiger partial charge in [-0.05, 0) is 45.1 Å². The third-order valence-electron chi connectivity index (χ3n) is 4.06. The number of rotatable bonds is 2. The number of nitrogens with zero attached hydrogens (tertiary/aromatic N) is 3. The van der Waals surface area contributed by atoms with Crippen LogP contribution in [-0.4, -0.2) is 47.5 Å². The normalized spacial score (nSPS) is 17.5. The van der Waals surface area contributed by atoms with Crippen molar-refractivity contribution in [3.63, 3.8) is 0 Å². The lowest BCUT2D eigenvalue weighted by atomic mass is 9.96. The van der Waals surface area contributed by atoms with E-state index >= 15 is 0 Å². The predicted molar refractivity (Wildman–Crippen MR) is 76.0 cm³/mol. The molecule has 0 radical (unpaired) electrons. The van der Waals surface area contributed by atoms with Crippen LogP contribution < -0.4 is 0 Å². The third kappa shape index (κ3) is 2.18. The van der Waals surface area contributed by atoms with E-state index < -0.39 is 0 Å². The van der Waals surface area contributed by atoms with Gasteiger partial charge >= 0.3 is 5.97 Å². The molecule has 1 saturated heterocycles. The highest BCUT2D eigenvalue weighted by Gasteiger charge is 2.24. The number of piperidine rings is 1.